The normalized spacial score (nSPS) is 24.4. The quantitative estimate of drug-likeness (QED) is 0.880. The van der Waals surface area contributed by atoms with E-state index in [-0.39, 0.29) is 17.9 Å². The summed E-state index contributed by atoms with van der Waals surface area (Å²) in [5.41, 5.74) is 1.71. The van der Waals surface area contributed by atoms with Gasteiger partial charge in [0, 0.05) is 30.4 Å². The van der Waals surface area contributed by atoms with Crippen LogP contribution in [0.25, 0.3) is 0 Å². The summed E-state index contributed by atoms with van der Waals surface area (Å²) < 4.78 is 5.34. The Morgan fingerprint density at radius 2 is 1.83 bits per heavy atom. The van der Waals surface area contributed by atoms with Gasteiger partial charge in [-0.3, -0.25) is 9.59 Å². The molecule has 1 amide bonds. The highest BCUT2D eigenvalue weighted by Crippen LogP contribution is 2.26. The van der Waals surface area contributed by atoms with Crippen molar-refractivity contribution < 1.29 is 19.4 Å². The second-order valence-electron chi connectivity index (χ2n) is 6.16. The molecule has 1 aliphatic heterocycles. The van der Waals surface area contributed by atoms with E-state index in [1.807, 2.05) is 24.3 Å². The molecule has 1 aromatic carbocycles. The molecule has 2 N–H and O–H groups in total. The summed E-state index contributed by atoms with van der Waals surface area (Å²) in [6.45, 7) is 3.19. The summed E-state index contributed by atoms with van der Waals surface area (Å²) in [5, 5.41) is 12.0. The highest BCUT2D eigenvalue weighted by molar-refractivity contribution is 5.94. The van der Waals surface area contributed by atoms with E-state index in [0.29, 0.717) is 18.4 Å². The minimum absolute atomic E-state index is 0.0393. The standard InChI is InChI=1S/C17H22N2O4/c20-16(18-14-4-1-13(11-14)17(21)22)12-2-5-15(6-3-12)19-7-9-23-10-8-19/h2-3,5-6,13-14H,1,4,7-11H2,(H,18,20)(H,21,22)/t13-,14+/m0/s1. The number of hydrogen-bond acceptors (Lipinski definition) is 4. The highest BCUT2D eigenvalue weighted by atomic mass is 16.5. The van der Waals surface area contributed by atoms with E-state index in [0.717, 1.165) is 38.4 Å². The SMILES string of the molecule is O=C(N[C@@H]1CC[C@H](C(=O)O)C1)c1ccc(N2CCOCC2)cc1. The zero-order valence-corrected chi connectivity index (χ0v) is 13.0. The first-order chi connectivity index (χ1) is 11.1. The molecule has 6 heteroatoms. The van der Waals surface area contributed by atoms with Crippen LogP contribution < -0.4 is 10.2 Å². The van der Waals surface area contributed by atoms with Gasteiger partial charge in [0.25, 0.3) is 5.91 Å². The third-order valence-corrected chi connectivity index (χ3v) is 4.62. The molecule has 1 aliphatic carbocycles. The molecule has 2 fully saturated rings. The van der Waals surface area contributed by atoms with Gasteiger partial charge in [0.2, 0.25) is 0 Å². The lowest BCUT2D eigenvalue weighted by atomic mass is 10.1. The smallest absolute Gasteiger partial charge is 0.306 e. The van der Waals surface area contributed by atoms with Gasteiger partial charge in [-0.2, -0.15) is 0 Å². The van der Waals surface area contributed by atoms with Crippen LogP contribution in [0.1, 0.15) is 29.6 Å². The Kier molecular flexibility index (Phi) is 4.81. The summed E-state index contributed by atoms with van der Waals surface area (Å²) in [7, 11) is 0. The molecule has 0 unspecified atom stereocenters. The van der Waals surface area contributed by atoms with Gasteiger partial charge in [-0.05, 0) is 43.5 Å². The van der Waals surface area contributed by atoms with Crippen molar-refractivity contribution in [2.75, 3.05) is 31.2 Å². The fourth-order valence-corrected chi connectivity index (χ4v) is 3.25. The van der Waals surface area contributed by atoms with Gasteiger partial charge < -0.3 is 20.1 Å². The molecule has 1 saturated carbocycles. The van der Waals surface area contributed by atoms with Gasteiger partial charge in [-0.15, -0.1) is 0 Å². The lowest BCUT2D eigenvalue weighted by Gasteiger charge is -2.28. The van der Waals surface area contributed by atoms with Crippen LogP contribution in [-0.4, -0.2) is 49.3 Å². The summed E-state index contributed by atoms with van der Waals surface area (Å²) in [5.74, 6) is -1.23. The zero-order chi connectivity index (χ0) is 16.2. The number of morpholine rings is 1. The van der Waals surface area contributed by atoms with Crippen LogP contribution in [0.2, 0.25) is 0 Å². The summed E-state index contributed by atoms with van der Waals surface area (Å²) in [6.07, 6.45) is 1.89. The Hall–Kier alpha value is -2.08. The Bertz CT molecular complexity index is 566. The first kappa shape index (κ1) is 15.8. The monoisotopic (exact) mass is 318 g/mol. The molecule has 2 atom stereocenters. The molecule has 1 saturated heterocycles. The predicted molar refractivity (Wildman–Crippen MR) is 85.7 cm³/mol. The molecule has 124 valence electrons. The van der Waals surface area contributed by atoms with Crippen molar-refractivity contribution in [1.82, 2.24) is 5.32 Å². The van der Waals surface area contributed by atoms with Crippen molar-refractivity contribution in [3.8, 4) is 0 Å². The maximum absolute atomic E-state index is 12.3. The third kappa shape index (κ3) is 3.82. The minimum atomic E-state index is -0.767. The van der Waals surface area contributed by atoms with E-state index in [4.69, 9.17) is 9.84 Å². The van der Waals surface area contributed by atoms with Gasteiger partial charge in [0.1, 0.15) is 0 Å². The summed E-state index contributed by atoms with van der Waals surface area (Å²) in [6, 6.07) is 7.51. The van der Waals surface area contributed by atoms with Crippen molar-refractivity contribution in [2.24, 2.45) is 5.92 Å². The Balaban J connectivity index is 1.56. The van der Waals surface area contributed by atoms with E-state index < -0.39 is 5.97 Å². The van der Waals surface area contributed by atoms with Crippen LogP contribution in [0.15, 0.2) is 24.3 Å². The number of rotatable bonds is 4. The zero-order valence-electron chi connectivity index (χ0n) is 13.0. The van der Waals surface area contributed by atoms with E-state index in [9.17, 15) is 9.59 Å². The topological polar surface area (TPSA) is 78.9 Å². The van der Waals surface area contributed by atoms with Crippen molar-refractivity contribution in [1.29, 1.82) is 0 Å². The minimum Gasteiger partial charge on any atom is -0.481 e. The largest absolute Gasteiger partial charge is 0.481 e. The third-order valence-electron chi connectivity index (χ3n) is 4.62. The Morgan fingerprint density at radius 1 is 1.13 bits per heavy atom. The van der Waals surface area contributed by atoms with E-state index in [1.165, 1.54) is 0 Å². The highest BCUT2D eigenvalue weighted by Gasteiger charge is 2.30. The number of aliphatic carboxylic acids is 1. The molecular formula is C17H22N2O4. The molecule has 1 aromatic rings. The average molecular weight is 318 g/mol. The second kappa shape index (κ2) is 7.00. The molecular weight excluding hydrogens is 296 g/mol. The number of nitrogens with zero attached hydrogens (tertiary/aromatic N) is 1. The fraction of sp³-hybridized carbons (Fsp3) is 0.529. The average Bonchev–Trinajstić information content (AvgIpc) is 3.04. The van der Waals surface area contributed by atoms with Crippen LogP contribution in [0.5, 0.6) is 0 Å². The van der Waals surface area contributed by atoms with Gasteiger partial charge in [0.05, 0.1) is 19.1 Å². The molecule has 0 bridgehead atoms. The number of carboxylic acid groups (broad SMARTS) is 1. The van der Waals surface area contributed by atoms with Crippen molar-refractivity contribution in [2.45, 2.75) is 25.3 Å². The fourth-order valence-electron chi connectivity index (χ4n) is 3.25. The van der Waals surface area contributed by atoms with Crippen molar-refractivity contribution >= 4 is 17.6 Å². The van der Waals surface area contributed by atoms with Gasteiger partial charge in [-0.1, -0.05) is 0 Å². The van der Waals surface area contributed by atoms with Gasteiger partial charge in [-0.25, -0.2) is 0 Å². The molecule has 0 aromatic heterocycles. The lowest BCUT2D eigenvalue weighted by molar-refractivity contribution is -0.141. The van der Waals surface area contributed by atoms with Crippen LogP contribution in [0.4, 0.5) is 5.69 Å². The number of benzene rings is 1. The number of ether oxygens (including phenoxy) is 1. The first-order valence-electron chi connectivity index (χ1n) is 8.10. The molecule has 3 rings (SSSR count). The molecule has 0 spiro atoms. The second-order valence-corrected chi connectivity index (χ2v) is 6.16. The number of carbonyl (C=O) groups excluding carboxylic acids is 1. The van der Waals surface area contributed by atoms with Crippen LogP contribution in [-0.2, 0) is 9.53 Å². The number of carboxylic acids is 1. The lowest BCUT2D eigenvalue weighted by Crippen LogP contribution is -2.36. The molecule has 6 nitrogen and oxygen atoms in total. The van der Waals surface area contributed by atoms with Crippen LogP contribution in [0.3, 0.4) is 0 Å². The van der Waals surface area contributed by atoms with Crippen molar-refractivity contribution in [3.05, 3.63) is 29.8 Å². The first-order valence-corrected chi connectivity index (χ1v) is 8.10. The Labute approximate surface area is 135 Å². The van der Waals surface area contributed by atoms with Gasteiger partial charge >= 0.3 is 5.97 Å². The number of carbonyl (C=O) groups is 2. The summed E-state index contributed by atoms with van der Waals surface area (Å²) >= 11 is 0. The number of nitrogens with one attached hydrogen (secondary N) is 1. The van der Waals surface area contributed by atoms with E-state index in [2.05, 4.69) is 10.2 Å². The van der Waals surface area contributed by atoms with Crippen LogP contribution >= 0.6 is 0 Å². The maximum Gasteiger partial charge on any atom is 0.306 e. The number of amides is 1. The van der Waals surface area contributed by atoms with Gasteiger partial charge in [0.15, 0.2) is 0 Å². The van der Waals surface area contributed by atoms with Crippen molar-refractivity contribution in [3.63, 3.8) is 0 Å². The molecule has 0 radical (unpaired) electrons. The van der Waals surface area contributed by atoms with E-state index in [1.54, 1.807) is 0 Å². The van der Waals surface area contributed by atoms with E-state index >= 15 is 0 Å². The molecule has 1 heterocycles. The molecule has 23 heavy (non-hydrogen) atoms. The van der Waals surface area contributed by atoms with Crippen LogP contribution in [0, 0.1) is 5.92 Å². The predicted octanol–water partition coefficient (Wildman–Crippen LogP) is 1.51. The maximum atomic E-state index is 12.3. The number of anilines is 1. The Morgan fingerprint density at radius 3 is 2.43 bits per heavy atom. The molecule has 2 aliphatic rings. The summed E-state index contributed by atoms with van der Waals surface area (Å²) in [4.78, 5) is 25.5. The number of hydrogen-bond donors (Lipinski definition) is 2.